The maximum atomic E-state index is 13.3. The van der Waals surface area contributed by atoms with Crippen LogP contribution < -0.4 is 26.8 Å². The summed E-state index contributed by atoms with van der Waals surface area (Å²) < 4.78 is 2.62. The summed E-state index contributed by atoms with van der Waals surface area (Å²) in [5.74, 6) is -2.95. The van der Waals surface area contributed by atoms with Crippen molar-refractivity contribution in [2.24, 2.45) is 13.0 Å². The van der Waals surface area contributed by atoms with E-state index < -0.39 is 40.6 Å². The van der Waals surface area contributed by atoms with Crippen LogP contribution in [0.15, 0.2) is 35.6 Å². The normalized spacial score (nSPS) is 12.0. The van der Waals surface area contributed by atoms with E-state index in [2.05, 4.69) is 26.3 Å². The Hall–Kier alpha value is -4.29. The molecule has 2 rings (SSSR count). The van der Waals surface area contributed by atoms with E-state index in [9.17, 15) is 28.8 Å². The van der Waals surface area contributed by atoms with Crippen molar-refractivity contribution in [3.8, 4) is 0 Å². The van der Waals surface area contributed by atoms with Crippen LogP contribution in [0.25, 0.3) is 0 Å². The third kappa shape index (κ3) is 10.3. The Bertz CT molecular complexity index is 1300. The summed E-state index contributed by atoms with van der Waals surface area (Å²) in [7, 11) is 1.60. The lowest BCUT2D eigenvalue weighted by molar-refractivity contribution is -0.139. The quantitative estimate of drug-likeness (QED) is 0.246. The standard InChI is InChI=1S/C28H41N7O6/c1-7-18(8-2)14-30-23(37)16-35-13-9-10-20(27(35)41)32-24(38)19(31-25(39)21-15-29-17-34(21)6)11-12-22(36)26(40)33-28(3,4)5/h9-10,13,15,17-19H,7-8,11-12,14,16H2,1-6H3,(H,30,37)(H,31,39)(H,32,38)(H,33,40)/t19-/m0/s1. The maximum Gasteiger partial charge on any atom is 0.287 e. The molecule has 0 aromatic carbocycles. The van der Waals surface area contributed by atoms with E-state index in [0.29, 0.717) is 12.5 Å². The van der Waals surface area contributed by atoms with Crippen LogP contribution in [-0.4, -0.2) is 61.7 Å². The third-order valence-electron chi connectivity index (χ3n) is 6.41. The molecular weight excluding hydrogens is 530 g/mol. The number of carbonyl (C=O) groups is 5. The second-order valence-electron chi connectivity index (χ2n) is 10.9. The minimum atomic E-state index is -1.26. The molecule has 0 bridgehead atoms. The molecule has 2 heterocycles. The minimum Gasteiger partial charge on any atom is -0.354 e. The fourth-order valence-corrected chi connectivity index (χ4v) is 3.90. The number of imidazole rings is 1. The molecule has 1 atom stereocenters. The number of ketones is 1. The number of amides is 4. The number of rotatable bonds is 14. The average molecular weight is 572 g/mol. The van der Waals surface area contributed by atoms with Crippen molar-refractivity contribution in [1.29, 1.82) is 0 Å². The first-order valence-electron chi connectivity index (χ1n) is 13.6. The highest BCUT2D eigenvalue weighted by molar-refractivity contribution is 6.36. The van der Waals surface area contributed by atoms with E-state index in [4.69, 9.17) is 0 Å². The topological polar surface area (TPSA) is 173 Å². The van der Waals surface area contributed by atoms with Gasteiger partial charge >= 0.3 is 0 Å². The van der Waals surface area contributed by atoms with Crippen LogP contribution in [0, 0.1) is 5.92 Å². The SMILES string of the molecule is CCC(CC)CNC(=O)Cn1cccc(NC(=O)[C@H](CCC(=O)C(=O)NC(C)(C)C)NC(=O)c2cncn2C)c1=O. The molecule has 0 radical (unpaired) electrons. The Morgan fingerprint density at radius 1 is 1.07 bits per heavy atom. The molecule has 2 aromatic heterocycles. The minimum absolute atomic E-state index is 0.109. The molecule has 13 heteroatoms. The van der Waals surface area contributed by atoms with Gasteiger partial charge in [0.15, 0.2) is 0 Å². The zero-order chi connectivity index (χ0) is 30.7. The summed E-state index contributed by atoms with van der Waals surface area (Å²) in [4.78, 5) is 80.1. The molecule has 0 unspecified atom stereocenters. The third-order valence-corrected chi connectivity index (χ3v) is 6.41. The number of aromatic nitrogens is 3. The molecule has 13 nitrogen and oxygen atoms in total. The summed E-state index contributed by atoms with van der Waals surface area (Å²) in [6, 6.07) is 1.62. The van der Waals surface area contributed by atoms with Crippen molar-refractivity contribution in [3.63, 3.8) is 0 Å². The van der Waals surface area contributed by atoms with Gasteiger partial charge in [-0.3, -0.25) is 28.8 Å². The first-order chi connectivity index (χ1) is 19.2. The van der Waals surface area contributed by atoms with Crippen LogP contribution in [0.5, 0.6) is 0 Å². The molecular formula is C28H41N7O6. The Morgan fingerprint density at radius 2 is 1.76 bits per heavy atom. The van der Waals surface area contributed by atoms with Gasteiger partial charge in [-0.25, -0.2) is 4.98 Å². The van der Waals surface area contributed by atoms with E-state index in [-0.39, 0.29) is 36.7 Å². The molecule has 2 aromatic rings. The van der Waals surface area contributed by atoms with Crippen LogP contribution in [-0.2, 0) is 32.8 Å². The van der Waals surface area contributed by atoms with Gasteiger partial charge in [-0.1, -0.05) is 26.7 Å². The van der Waals surface area contributed by atoms with Crippen LogP contribution in [0.1, 0.15) is 70.8 Å². The van der Waals surface area contributed by atoms with Gasteiger partial charge in [0, 0.05) is 31.7 Å². The molecule has 0 aliphatic rings. The van der Waals surface area contributed by atoms with Gasteiger partial charge in [-0.2, -0.15) is 0 Å². The van der Waals surface area contributed by atoms with Crippen LogP contribution in [0.3, 0.4) is 0 Å². The molecule has 0 saturated heterocycles. The summed E-state index contributed by atoms with van der Waals surface area (Å²) in [6.07, 6.45) is 5.47. The molecule has 0 fully saturated rings. The number of carbonyl (C=O) groups excluding carboxylic acids is 5. The highest BCUT2D eigenvalue weighted by Gasteiger charge is 2.27. The highest BCUT2D eigenvalue weighted by atomic mass is 16.2. The molecule has 4 amide bonds. The zero-order valence-corrected chi connectivity index (χ0v) is 24.6. The van der Waals surface area contributed by atoms with E-state index in [1.807, 2.05) is 13.8 Å². The monoisotopic (exact) mass is 571 g/mol. The van der Waals surface area contributed by atoms with E-state index in [1.54, 1.807) is 27.8 Å². The van der Waals surface area contributed by atoms with Crippen LogP contribution in [0.2, 0.25) is 0 Å². The van der Waals surface area contributed by atoms with Crippen molar-refractivity contribution in [2.45, 2.75) is 78.4 Å². The largest absolute Gasteiger partial charge is 0.354 e. The number of nitrogens with one attached hydrogen (secondary N) is 4. The Morgan fingerprint density at radius 3 is 2.34 bits per heavy atom. The Kier molecular flexibility index (Phi) is 12.0. The van der Waals surface area contributed by atoms with Gasteiger partial charge in [-0.15, -0.1) is 0 Å². The van der Waals surface area contributed by atoms with Gasteiger partial charge in [0.05, 0.1) is 12.5 Å². The summed E-state index contributed by atoms with van der Waals surface area (Å²) in [6.45, 7) is 9.53. The highest BCUT2D eigenvalue weighted by Crippen LogP contribution is 2.08. The molecule has 0 spiro atoms. The van der Waals surface area contributed by atoms with Crippen LogP contribution >= 0.6 is 0 Å². The Labute approximate surface area is 239 Å². The predicted octanol–water partition coefficient (Wildman–Crippen LogP) is 1.14. The number of hydrogen-bond acceptors (Lipinski definition) is 7. The maximum absolute atomic E-state index is 13.3. The molecule has 0 aliphatic carbocycles. The van der Waals surface area contributed by atoms with E-state index in [0.717, 1.165) is 12.8 Å². The second-order valence-corrected chi connectivity index (χ2v) is 10.9. The first kappa shape index (κ1) is 32.9. The van der Waals surface area contributed by atoms with Gasteiger partial charge < -0.3 is 30.4 Å². The first-order valence-corrected chi connectivity index (χ1v) is 13.6. The molecule has 0 aliphatic heterocycles. The van der Waals surface area contributed by atoms with E-state index >= 15 is 0 Å². The van der Waals surface area contributed by atoms with Gasteiger partial charge in [0.25, 0.3) is 17.4 Å². The lowest BCUT2D eigenvalue weighted by Crippen LogP contribution is -2.47. The van der Waals surface area contributed by atoms with Gasteiger partial charge in [0.2, 0.25) is 17.6 Å². The molecule has 0 saturated carbocycles. The molecule has 224 valence electrons. The van der Waals surface area contributed by atoms with Crippen molar-refractivity contribution in [1.82, 2.24) is 30.1 Å². The van der Waals surface area contributed by atoms with Crippen molar-refractivity contribution in [3.05, 3.63) is 46.9 Å². The molecule has 41 heavy (non-hydrogen) atoms. The van der Waals surface area contributed by atoms with Crippen molar-refractivity contribution in [2.75, 3.05) is 11.9 Å². The summed E-state index contributed by atoms with van der Waals surface area (Å²) in [5.41, 5.74) is -1.19. The number of Topliss-reactive ketones (excluding diaryl/α,β-unsaturated/α-hetero) is 1. The van der Waals surface area contributed by atoms with Crippen LogP contribution in [0.4, 0.5) is 5.69 Å². The summed E-state index contributed by atoms with van der Waals surface area (Å²) in [5, 5.41) is 10.4. The lowest BCUT2D eigenvalue weighted by atomic mass is 10.0. The lowest BCUT2D eigenvalue weighted by Gasteiger charge is -2.21. The second kappa shape index (κ2) is 14.9. The molecule has 4 N–H and O–H groups in total. The Balaban J connectivity index is 2.18. The van der Waals surface area contributed by atoms with Gasteiger partial charge in [0.1, 0.15) is 24.0 Å². The average Bonchev–Trinajstić information content (AvgIpc) is 3.33. The zero-order valence-electron chi connectivity index (χ0n) is 24.6. The predicted molar refractivity (Wildman–Crippen MR) is 153 cm³/mol. The van der Waals surface area contributed by atoms with Crippen molar-refractivity contribution >= 4 is 35.1 Å². The number of nitrogens with zero attached hydrogens (tertiary/aromatic N) is 3. The fourth-order valence-electron chi connectivity index (χ4n) is 3.90. The number of pyridine rings is 1. The number of aryl methyl sites for hydroxylation is 1. The summed E-state index contributed by atoms with van der Waals surface area (Å²) >= 11 is 0. The van der Waals surface area contributed by atoms with Crippen molar-refractivity contribution < 1.29 is 24.0 Å². The fraction of sp³-hybridized carbons (Fsp3) is 0.536. The van der Waals surface area contributed by atoms with Gasteiger partial charge in [-0.05, 0) is 45.2 Å². The number of hydrogen-bond donors (Lipinski definition) is 4. The smallest absolute Gasteiger partial charge is 0.287 e. The van der Waals surface area contributed by atoms with E-state index in [1.165, 1.54) is 40.0 Å². The number of anilines is 1.